The van der Waals surface area contributed by atoms with Crippen LogP contribution in [0.4, 0.5) is 0 Å². The number of likely N-dealkylation sites (tertiary alicyclic amines) is 1. The normalized spacial score (nSPS) is 23.0. The minimum atomic E-state index is -0.379. The number of ether oxygens (including phenoxy) is 1. The molecule has 7 heteroatoms. The van der Waals surface area contributed by atoms with Crippen molar-refractivity contribution in [1.29, 1.82) is 0 Å². The highest BCUT2D eigenvalue weighted by molar-refractivity contribution is 6.33. The highest BCUT2D eigenvalue weighted by Gasteiger charge is 2.22. The third-order valence-electron chi connectivity index (χ3n) is 6.41. The summed E-state index contributed by atoms with van der Waals surface area (Å²) in [5.74, 6) is -0.0686. The number of aryl methyl sites for hydroxylation is 2. The minimum absolute atomic E-state index is 0.0531. The Morgan fingerprint density at radius 1 is 1.17 bits per heavy atom. The topological polar surface area (TPSA) is 68.2 Å². The largest absolute Gasteiger partial charge is 0.462 e. The van der Waals surface area contributed by atoms with Gasteiger partial charge in [0, 0.05) is 24.5 Å². The van der Waals surface area contributed by atoms with E-state index in [1.54, 1.807) is 0 Å². The summed E-state index contributed by atoms with van der Waals surface area (Å²) in [4.78, 5) is 32.9. The molecule has 0 aliphatic carbocycles. The number of allylic oxidation sites excluding steroid dienone is 4. The number of oxime groups is 1. The van der Waals surface area contributed by atoms with Crippen molar-refractivity contribution in [2.45, 2.75) is 65.7 Å². The summed E-state index contributed by atoms with van der Waals surface area (Å²) < 4.78 is 5.59. The van der Waals surface area contributed by atoms with E-state index in [1.807, 2.05) is 30.9 Å². The predicted octanol–water partition coefficient (Wildman–Crippen LogP) is 5.97. The molecule has 1 amide bonds. The Labute approximate surface area is 214 Å². The summed E-state index contributed by atoms with van der Waals surface area (Å²) in [6, 6.07) is 1.90. The van der Waals surface area contributed by atoms with Gasteiger partial charge < -0.3 is 14.5 Å². The number of piperidine rings is 1. The second-order valence-corrected chi connectivity index (χ2v) is 9.85. The molecule has 1 aromatic carbocycles. The molecule has 1 saturated heterocycles. The molecule has 190 valence electrons. The Hall–Kier alpha value is -2.60. The second kappa shape index (κ2) is 13.5. The molecule has 3 rings (SSSR count). The lowest BCUT2D eigenvalue weighted by atomic mass is 9.94. The Bertz CT molecular complexity index is 993. The van der Waals surface area contributed by atoms with Crippen molar-refractivity contribution in [3.63, 3.8) is 0 Å². The summed E-state index contributed by atoms with van der Waals surface area (Å²) in [5.41, 5.74) is 3.45. The first kappa shape index (κ1) is 27.0. The van der Waals surface area contributed by atoms with Crippen LogP contribution in [0.15, 0.2) is 35.5 Å². The highest BCUT2D eigenvalue weighted by Crippen LogP contribution is 2.29. The molecule has 6 nitrogen and oxygen atoms in total. The summed E-state index contributed by atoms with van der Waals surface area (Å²) in [5, 5.41) is 4.83. The van der Waals surface area contributed by atoms with Crippen LogP contribution in [0.2, 0.25) is 5.02 Å². The van der Waals surface area contributed by atoms with Gasteiger partial charge in [-0.15, -0.1) is 0 Å². The van der Waals surface area contributed by atoms with Crippen molar-refractivity contribution in [3.05, 3.63) is 57.6 Å². The van der Waals surface area contributed by atoms with Crippen LogP contribution in [-0.4, -0.2) is 48.8 Å². The fraction of sp³-hybridized carbons (Fsp3) is 0.536. The first-order chi connectivity index (χ1) is 16.9. The van der Waals surface area contributed by atoms with Gasteiger partial charge in [-0.3, -0.25) is 4.79 Å². The average molecular weight is 501 g/mol. The van der Waals surface area contributed by atoms with Gasteiger partial charge in [0.05, 0.1) is 17.9 Å². The number of benzene rings is 1. The number of nitrogens with zero attached hydrogens (tertiary/aromatic N) is 2. The van der Waals surface area contributed by atoms with E-state index in [0.29, 0.717) is 40.8 Å². The standard InChI is InChI=1S/C28H37ClN2O4/c1-20-11-6-4-9-16-34-28(33)26-21(2)17-22(3)27(29)24(26)18-23(13-10-12-20)30-35-19-25(32)31-14-7-5-8-15-31/h6,10-11,13,17,20H,4-5,7-9,12,14-16,18-19H2,1-3H3/b11-6+,13-10+,30-23-. The van der Waals surface area contributed by atoms with Crippen molar-refractivity contribution < 1.29 is 19.2 Å². The molecular weight excluding hydrogens is 464 g/mol. The molecule has 2 heterocycles. The van der Waals surface area contributed by atoms with E-state index >= 15 is 0 Å². The van der Waals surface area contributed by atoms with E-state index in [1.165, 1.54) is 0 Å². The molecular formula is C28H37ClN2O4. The number of fused-ring (bicyclic) bond motifs is 1. The van der Waals surface area contributed by atoms with Gasteiger partial charge in [0.2, 0.25) is 0 Å². The Morgan fingerprint density at radius 2 is 1.94 bits per heavy atom. The molecule has 2 aliphatic rings. The molecule has 0 saturated carbocycles. The molecule has 0 N–H and O–H groups in total. The number of amides is 1. The molecule has 1 aromatic rings. The Morgan fingerprint density at radius 3 is 2.71 bits per heavy atom. The molecule has 1 fully saturated rings. The van der Waals surface area contributed by atoms with Gasteiger partial charge in [0.1, 0.15) is 0 Å². The quantitative estimate of drug-likeness (QED) is 0.291. The van der Waals surface area contributed by atoms with Crippen molar-refractivity contribution in [3.8, 4) is 0 Å². The number of hydrogen-bond donors (Lipinski definition) is 0. The number of rotatable bonds is 3. The van der Waals surface area contributed by atoms with Gasteiger partial charge in [-0.2, -0.15) is 0 Å². The molecule has 2 aliphatic heterocycles. The first-order valence-corrected chi connectivity index (χ1v) is 13.0. The summed E-state index contributed by atoms with van der Waals surface area (Å²) in [6.45, 7) is 7.76. The molecule has 0 radical (unpaired) electrons. The predicted molar refractivity (Wildman–Crippen MR) is 140 cm³/mol. The number of cyclic esters (lactones) is 1. The van der Waals surface area contributed by atoms with Gasteiger partial charge in [-0.25, -0.2) is 4.79 Å². The fourth-order valence-corrected chi connectivity index (χ4v) is 4.68. The van der Waals surface area contributed by atoms with Crippen LogP contribution in [0.5, 0.6) is 0 Å². The third-order valence-corrected chi connectivity index (χ3v) is 6.94. The third kappa shape index (κ3) is 7.96. The van der Waals surface area contributed by atoms with Crippen molar-refractivity contribution in [2.24, 2.45) is 11.1 Å². The van der Waals surface area contributed by atoms with Gasteiger partial charge in [0.15, 0.2) is 6.61 Å². The second-order valence-electron chi connectivity index (χ2n) is 9.47. The monoisotopic (exact) mass is 500 g/mol. The maximum Gasteiger partial charge on any atom is 0.338 e. The number of esters is 1. The number of carbonyl (C=O) groups is 2. The number of carbonyl (C=O) groups excluding carboxylic acids is 2. The van der Waals surface area contributed by atoms with E-state index in [9.17, 15) is 9.59 Å². The number of hydrogen-bond acceptors (Lipinski definition) is 5. The van der Waals surface area contributed by atoms with Crippen LogP contribution < -0.4 is 0 Å². The van der Waals surface area contributed by atoms with Gasteiger partial charge in [-0.05, 0) is 81.1 Å². The molecule has 1 atom stereocenters. The van der Waals surface area contributed by atoms with E-state index in [4.69, 9.17) is 21.2 Å². The van der Waals surface area contributed by atoms with Crippen molar-refractivity contribution >= 4 is 29.2 Å². The van der Waals surface area contributed by atoms with Crippen molar-refractivity contribution in [1.82, 2.24) is 4.90 Å². The molecule has 0 aromatic heterocycles. The lowest BCUT2D eigenvalue weighted by Crippen LogP contribution is -2.37. The highest BCUT2D eigenvalue weighted by atomic mass is 35.5. The molecule has 35 heavy (non-hydrogen) atoms. The Kier molecular flexibility index (Phi) is 10.4. The van der Waals surface area contributed by atoms with Crippen LogP contribution in [-0.2, 0) is 20.8 Å². The van der Waals surface area contributed by atoms with E-state index in [2.05, 4.69) is 30.3 Å². The smallest absolute Gasteiger partial charge is 0.338 e. The maximum absolute atomic E-state index is 13.0. The molecule has 0 spiro atoms. The maximum atomic E-state index is 13.0. The zero-order chi connectivity index (χ0) is 25.2. The van der Waals surface area contributed by atoms with Crippen LogP contribution >= 0.6 is 11.6 Å². The zero-order valence-corrected chi connectivity index (χ0v) is 21.9. The minimum Gasteiger partial charge on any atom is -0.462 e. The lowest BCUT2D eigenvalue weighted by Gasteiger charge is -2.26. The summed E-state index contributed by atoms with van der Waals surface area (Å²) in [6.07, 6.45) is 14.2. The van der Waals surface area contributed by atoms with Gasteiger partial charge >= 0.3 is 5.97 Å². The van der Waals surface area contributed by atoms with Crippen LogP contribution in [0.3, 0.4) is 0 Å². The molecule has 0 bridgehead atoms. The average Bonchev–Trinajstić information content (AvgIpc) is 2.84. The SMILES string of the molecule is Cc1cc(C)c2c(c1Cl)CC(=N\OCC(=O)N1CCCCC1)/C=C/CC(C)/C=C/CCCOC2=O. The van der Waals surface area contributed by atoms with Crippen LogP contribution in [0, 0.1) is 19.8 Å². The van der Waals surface area contributed by atoms with Crippen molar-refractivity contribution in [2.75, 3.05) is 26.3 Å². The summed E-state index contributed by atoms with van der Waals surface area (Å²) >= 11 is 6.70. The van der Waals surface area contributed by atoms with E-state index in [-0.39, 0.29) is 18.5 Å². The fourth-order valence-electron chi connectivity index (χ4n) is 4.47. The Balaban J connectivity index is 1.88. The van der Waals surface area contributed by atoms with E-state index < -0.39 is 0 Å². The number of halogens is 1. The molecule has 1 unspecified atom stereocenters. The summed E-state index contributed by atoms with van der Waals surface area (Å²) in [7, 11) is 0. The van der Waals surface area contributed by atoms with Crippen LogP contribution in [0.1, 0.15) is 72.5 Å². The van der Waals surface area contributed by atoms with Crippen LogP contribution in [0.25, 0.3) is 0 Å². The zero-order valence-electron chi connectivity index (χ0n) is 21.1. The lowest BCUT2D eigenvalue weighted by molar-refractivity contribution is -0.137. The van der Waals surface area contributed by atoms with Gasteiger partial charge in [-0.1, -0.05) is 48.0 Å². The van der Waals surface area contributed by atoms with E-state index in [0.717, 1.165) is 62.7 Å². The van der Waals surface area contributed by atoms with Gasteiger partial charge in [0.25, 0.3) is 5.91 Å². The first-order valence-electron chi connectivity index (χ1n) is 12.6.